The molecule has 1 aromatic carbocycles. The number of likely N-dealkylation sites (N-methyl/N-ethyl adjacent to an activating group) is 1. The summed E-state index contributed by atoms with van der Waals surface area (Å²) in [7, 11) is 1.75. The average molecular weight is 346 g/mol. The van der Waals surface area contributed by atoms with Crippen molar-refractivity contribution in [2.45, 2.75) is 25.8 Å². The van der Waals surface area contributed by atoms with E-state index in [2.05, 4.69) is 11.9 Å². The second-order valence-electron chi connectivity index (χ2n) is 5.79. The normalized spacial score (nSPS) is 13.2. The van der Waals surface area contributed by atoms with Crippen LogP contribution in [0.1, 0.15) is 46.2 Å². The van der Waals surface area contributed by atoms with E-state index in [1.165, 1.54) is 12.3 Å². The second-order valence-corrected chi connectivity index (χ2v) is 6.23. The summed E-state index contributed by atoms with van der Waals surface area (Å²) in [5, 5.41) is 0.684. The van der Waals surface area contributed by atoms with Crippen LogP contribution in [0.4, 0.5) is 0 Å². The molecule has 24 heavy (non-hydrogen) atoms. The quantitative estimate of drug-likeness (QED) is 0.904. The van der Waals surface area contributed by atoms with Gasteiger partial charge >= 0.3 is 0 Å². The summed E-state index contributed by atoms with van der Waals surface area (Å²) >= 11 is 5.92. The molecule has 1 aromatic heterocycles. The van der Waals surface area contributed by atoms with Crippen LogP contribution in [-0.4, -0.2) is 34.8 Å². The van der Waals surface area contributed by atoms with E-state index in [9.17, 15) is 9.59 Å². The number of rotatable bonds is 5. The zero-order chi connectivity index (χ0) is 17.9. The molecule has 0 fully saturated rings. The Hall–Kier alpha value is -2.40. The molecule has 6 heteroatoms. The van der Waals surface area contributed by atoms with Crippen LogP contribution in [0.5, 0.6) is 0 Å². The SMILES string of the molecule is C[C@H]([C@@H](C)c1ccc(Cl)cc1)N(C)C(=O)c1ccc(C(N)=O)nc1. The number of pyridine rings is 1. The van der Waals surface area contributed by atoms with Crippen molar-refractivity contribution in [1.82, 2.24) is 9.88 Å². The van der Waals surface area contributed by atoms with E-state index in [0.717, 1.165) is 5.56 Å². The Balaban J connectivity index is 2.13. The zero-order valence-corrected chi connectivity index (χ0v) is 14.6. The minimum absolute atomic E-state index is 0.0329. The topological polar surface area (TPSA) is 76.3 Å². The molecule has 1 heterocycles. The van der Waals surface area contributed by atoms with Gasteiger partial charge in [0.25, 0.3) is 11.8 Å². The molecule has 2 rings (SSSR count). The molecule has 2 N–H and O–H groups in total. The number of carbonyl (C=O) groups excluding carboxylic acids is 2. The number of nitrogens with zero attached hydrogens (tertiary/aromatic N) is 2. The van der Waals surface area contributed by atoms with E-state index < -0.39 is 5.91 Å². The second kappa shape index (κ2) is 7.45. The lowest BCUT2D eigenvalue weighted by molar-refractivity contribution is 0.0725. The highest BCUT2D eigenvalue weighted by molar-refractivity contribution is 6.30. The Bertz CT molecular complexity index is 729. The fraction of sp³-hybridized carbons (Fsp3) is 0.278. The summed E-state index contributed by atoms with van der Waals surface area (Å²) in [5.74, 6) is -0.645. The van der Waals surface area contributed by atoms with E-state index in [4.69, 9.17) is 17.3 Å². The highest BCUT2D eigenvalue weighted by atomic mass is 35.5. The molecule has 0 saturated heterocycles. The van der Waals surface area contributed by atoms with Gasteiger partial charge in [-0.3, -0.25) is 14.6 Å². The fourth-order valence-electron chi connectivity index (χ4n) is 2.43. The number of hydrogen-bond acceptors (Lipinski definition) is 3. The largest absolute Gasteiger partial charge is 0.364 e. The summed E-state index contributed by atoms with van der Waals surface area (Å²) in [6, 6.07) is 10.6. The Labute approximate surface area is 146 Å². The summed E-state index contributed by atoms with van der Waals surface area (Å²) in [5.41, 5.74) is 6.81. The number of nitrogens with two attached hydrogens (primary N) is 1. The minimum Gasteiger partial charge on any atom is -0.364 e. The van der Waals surface area contributed by atoms with Crippen LogP contribution < -0.4 is 5.73 Å². The van der Waals surface area contributed by atoms with Gasteiger partial charge in [0.15, 0.2) is 0 Å². The Kier molecular flexibility index (Phi) is 5.57. The number of halogens is 1. The standard InChI is InChI=1S/C18H20ClN3O2/c1-11(13-4-7-15(19)8-5-13)12(2)22(3)18(24)14-6-9-16(17(20)23)21-10-14/h4-12H,1-3H3,(H2,20,23)/t11-,12-/m1/s1. The first kappa shape index (κ1) is 17.9. The van der Waals surface area contributed by atoms with E-state index in [0.29, 0.717) is 10.6 Å². The first-order valence-electron chi connectivity index (χ1n) is 7.59. The molecule has 5 nitrogen and oxygen atoms in total. The van der Waals surface area contributed by atoms with Crippen LogP contribution in [0.15, 0.2) is 42.6 Å². The predicted molar refractivity (Wildman–Crippen MR) is 94.2 cm³/mol. The van der Waals surface area contributed by atoms with Crippen LogP contribution in [-0.2, 0) is 0 Å². The van der Waals surface area contributed by atoms with Crippen molar-refractivity contribution in [3.8, 4) is 0 Å². The van der Waals surface area contributed by atoms with Crippen LogP contribution in [0.25, 0.3) is 0 Å². The van der Waals surface area contributed by atoms with Crippen molar-refractivity contribution >= 4 is 23.4 Å². The molecule has 2 atom stereocenters. The van der Waals surface area contributed by atoms with E-state index in [1.807, 2.05) is 31.2 Å². The number of benzene rings is 1. The maximum atomic E-state index is 12.6. The number of amides is 2. The Morgan fingerprint density at radius 2 is 1.75 bits per heavy atom. The molecule has 0 aliphatic heterocycles. The van der Waals surface area contributed by atoms with Gasteiger partial charge in [0.05, 0.1) is 5.56 Å². The van der Waals surface area contributed by atoms with Gasteiger partial charge in [-0.25, -0.2) is 0 Å². The van der Waals surface area contributed by atoms with Crippen LogP contribution >= 0.6 is 11.6 Å². The number of primary amides is 1. The molecule has 0 spiro atoms. The minimum atomic E-state index is -0.618. The maximum Gasteiger partial charge on any atom is 0.267 e. The van der Waals surface area contributed by atoms with Gasteiger partial charge in [-0.05, 0) is 36.8 Å². The van der Waals surface area contributed by atoms with Crippen molar-refractivity contribution in [2.75, 3.05) is 7.05 Å². The first-order chi connectivity index (χ1) is 11.3. The third kappa shape index (κ3) is 3.92. The van der Waals surface area contributed by atoms with Gasteiger partial charge in [0, 0.05) is 30.2 Å². The molecule has 0 bridgehead atoms. The number of hydrogen-bond donors (Lipinski definition) is 1. The van der Waals surface area contributed by atoms with Crippen molar-refractivity contribution < 1.29 is 9.59 Å². The van der Waals surface area contributed by atoms with Crippen molar-refractivity contribution in [3.05, 3.63) is 64.4 Å². The van der Waals surface area contributed by atoms with Crippen LogP contribution in [0.2, 0.25) is 5.02 Å². The molecule has 126 valence electrons. The lowest BCUT2D eigenvalue weighted by atomic mass is 9.93. The van der Waals surface area contributed by atoms with Crippen LogP contribution in [0, 0.1) is 0 Å². The predicted octanol–water partition coefficient (Wildman–Crippen LogP) is 3.10. The molecule has 0 saturated carbocycles. The van der Waals surface area contributed by atoms with E-state index in [-0.39, 0.29) is 23.6 Å². The van der Waals surface area contributed by atoms with Crippen molar-refractivity contribution in [2.24, 2.45) is 5.73 Å². The molecule has 2 aromatic rings. The molecule has 0 unspecified atom stereocenters. The van der Waals surface area contributed by atoms with Gasteiger partial charge in [-0.15, -0.1) is 0 Å². The third-order valence-electron chi connectivity index (χ3n) is 4.31. The zero-order valence-electron chi connectivity index (χ0n) is 13.9. The molecular formula is C18H20ClN3O2. The van der Waals surface area contributed by atoms with Gasteiger partial charge in [-0.2, -0.15) is 0 Å². The lowest BCUT2D eigenvalue weighted by Crippen LogP contribution is -2.38. The van der Waals surface area contributed by atoms with Gasteiger partial charge in [0.2, 0.25) is 0 Å². The highest BCUT2D eigenvalue weighted by Crippen LogP contribution is 2.24. The van der Waals surface area contributed by atoms with Crippen LogP contribution in [0.3, 0.4) is 0 Å². The smallest absolute Gasteiger partial charge is 0.267 e. The fourth-order valence-corrected chi connectivity index (χ4v) is 2.56. The first-order valence-corrected chi connectivity index (χ1v) is 7.97. The Morgan fingerprint density at radius 1 is 1.12 bits per heavy atom. The Morgan fingerprint density at radius 3 is 2.25 bits per heavy atom. The molecule has 2 amide bonds. The molecular weight excluding hydrogens is 326 g/mol. The highest BCUT2D eigenvalue weighted by Gasteiger charge is 2.23. The van der Waals surface area contributed by atoms with E-state index in [1.54, 1.807) is 18.0 Å². The number of aromatic nitrogens is 1. The van der Waals surface area contributed by atoms with Gasteiger partial charge < -0.3 is 10.6 Å². The average Bonchev–Trinajstić information content (AvgIpc) is 2.60. The molecule has 0 radical (unpaired) electrons. The third-order valence-corrected chi connectivity index (χ3v) is 4.57. The van der Waals surface area contributed by atoms with Crippen molar-refractivity contribution in [3.63, 3.8) is 0 Å². The summed E-state index contributed by atoms with van der Waals surface area (Å²) in [4.78, 5) is 29.2. The van der Waals surface area contributed by atoms with Gasteiger partial charge in [0.1, 0.15) is 5.69 Å². The van der Waals surface area contributed by atoms with Gasteiger partial charge in [-0.1, -0.05) is 30.7 Å². The summed E-state index contributed by atoms with van der Waals surface area (Å²) < 4.78 is 0. The monoisotopic (exact) mass is 345 g/mol. The summed E-state index contributed by atoms with van der Waals surface area (Å²) in [6.07, 6.45) is 1.37. The van der Waals surface area contributed by atoms with Crippen molar-refractivity contribution in [1.29, 1.82) is 0 Å². The summed E-state index contributed by atoms with van der Waals surface area (Å²) in [6.45, 7) is 4.05. The molecule has 0 aliphatic carbocycles. The number of carbonyl (C=O) groups is 2. The lowest BCUT2D eigenvalue weighted by Gasteiger charge is -2.30. The molecule has 0 aliphatic rings. The maximum absolute atomic E-state index is 12.6. The van der Waals surface area contributed by atoms with E-state index >= 15 is 0 Å².